The van der Waals surface area contributed by atoms with E-state index in [0.29, 0.717) is 22.8 Å². The molecule has 2 aromatic carbocycles. The van der Waals surface area contributed by atoms with Gasteiger partial charge in [0.05, 0.1) is 17.7 Å². The predicted molar refractivity (Wildman–Crippen MR) is 81.8 cm³/mol. The number of amides is 1. The topological polar surface area (TPSA) is 56.8 Å². The summed E-state index contributed by atoms with van der Waals surface area (Å²) in [4.78, 5) is 12.1. The van der Waals surface area contributed by atoms with Crippen LogP contribution in [0.15, 0.2) is 42.5 Å². The van der Waals surface area contributed by atoms with Gasteiger partial charge in [-0.2, -0.15) is 13.2 Å². The molecule has 0 spiro atoms. The van der Waals surface area contributed by atoms with E-state index in [9.17, 15) is 18.0 Å². The first-order chi connectivity index (χ1) is 11.9. The highest BCUT2D eigenvalue weighted by molar-refractivity contribution is 5.97. The van der Waals surface area contributed by atoms with Crippen LogP contribution in [-0.2, 0) is 6.18 Å². The maximum absolute atomic E-state index is 12.5. The van der Waals surface area contributed by atoms with Crippen LogP contribution < -0.4 is 19.5 Å². The molecule has 1 aliphatic rings. The molecule has 0 radical (unpaired) electrons. The summed E-state index contributed by atoms with van der Waals surface area (Å²) in [6, 6.07) is 9.35. The number of hydrogen-bond acceptors (Lipinski definition) is 4. The summed E-state index contributed by atoms with van der Waals surface area (Å²) >= 11 is 0. The van der Waals surface area contributed by atoms with Gasteiger partial charge in [0.2, 0.25) is 6.79 Å². The Morgan fingerprint density at radius 3 is 2.60 bits per heavy atom. The molecule has 0 saturated carbocycles. The maximum Gasteiger partial charge on any atom is 0.416 e. The third-order valence-electron chi connectivity index (χ3n) is 3.48. The molecule has 1 N–H and O–H groups in total. The minimum atomic E-state index is -4.38. The van der Waals surface area contributed by atoms with Crippen LogP contribution in [0.3, 0.4) is 0 Å². The van der Waals surface area contributed by atoms with Gasteiger partial charge in [-0.1, -0.05) is 6.07 Å². The van der Waals surface area contributed by atoms with E-state index >= 15 is 0 Å². The Kier molecular flexibility index (Phi) is 4.69. The van der Waals surface area contributed by atoms with E-state index in [1.54, 1.807) is 18.2 Å². The van der Waals surface area contributed by atoms with Crippen molar-refractivity contribution in [3.05, 3.63) is 53.6 Å². The fourth-order valence-electron chi connectivity index (χ4n) is 2.28. The van der Waals surface area contributed by atoms with Crippen molar-refractivity contribution in [1.29, 1.82) is 0 Å². The number of rotatable bonds is 5. The largest absolute Gasteiger partial charge is 0.492 e. The zero-order chi connectivity index (χ0) is 17.9. The van der Waals surface area contributed by atoms with Crippen LogP contribution in [0.5, 0.6) is 17.2 Å². The monoisotopic (exact) mass is 353 g/mol. The second kappa shape index (κ2) is 6.92. The zero-order valence-electron chi connectivity index (χ0n) is 12.9. The summed E-state index contributed by atoms with van der Waals surface area (Å²) in [6.07, 6.45) is -4.38. The van der Waals surface area contributed by atoms with Crippen molar-refractivity contribution in [3.63, 3.8) is 0 Å². The number of fused-ring (bicyclic) bond motifs is 1. The van der Waals surface area contributed by atoms with Crippen LogP contribution in [0.2, 0.25) is 0 Å². The Morgan fingerprint density at radius 2 is 1.88 bits per heavy atom. The summed E-state index contributed by atoms with van der Waals surface area (Å²) in [5.41, 5.74) is -0.391. The first kappa shape index (κ1) is 16.9. The van der Waals surface area contributed by atoms with Gasteiger partial charge in [0.15, 0.2) is 11.5 Å². The van der Waals surface area contributed by atoms with Gasteiger partial charge in [-0.05, 0) is 36.4 Å². The molecule has 0 saturated heterocycles. The minimum absolute atomic E-state index is 0.0661. The van der Waals surface area contributed by atoms with Crippen molar-refractivity contribution in [1.82, 2.24) is 5.32 Å². The summed E-state index contributed by atoms with van der Waals surface area (Å²) in [5, 5.41) is 2.66. The first-order valence-electron chi connectivity index (χ1n) is 7.42. The number of para-hydroxylation sites is 1. The summed E-state index contributed by atoms with van der Waals surface area (Å²) < 4.78 is 53.2. The fraction of sp³-hybridized carbons (Fsp3) is 0.235. The Hall–Kier alpha value is -2.90. The van der Waals surface area contributed by atoms with Crippen molar-refractivity contribution in [2.24, 2.45) is 0 Å². The minimum Gasteiger partial charge on any atom is -0.492 e. The third-order valence-corrected chi connectivity index (χ3v) is 3.48. The van der Waals surface area contributed by atoms with Crippen LogP contribution in [0, 0.1) is 0 Å². The normalized spacial score (nSPS) is 12.8. The Balaban J connectivity index is 1.49. The quantitative estimate of drug-likeness (QED) is 0.839. The molecule has 1 amide bonds. The lowest BCUT2D eigenvalue weighted by atomic mass is 10.1. The lowest BCUT2D eigenvalue weighted by Crippen LogP contribution is -2.28. The number of alkyl halides is 3. The van der Waals surface area contributed by atoms with Gasteiger partial charge in [-0.3, -0.25) is 4.79 Å². The number of carbonyl (C=O) groups excluding carboxylic acids is 1. The molecule has 0 fully saturated rings. The average Bonchev–Trinajstić information content (AvgIpc) is 3.06. The van der Waals surface area contributed by atoms with Crippen LogP contribution in [0.25, 0.3) is 0 Å². The van der Waals surface area contributed by atoms with Gasteiger partial charge in [0.1, 0.15) is 12.4 Å². The van der Waals surface area contributed by atoms with E-state index in [4.69, 9.17) is 14.2 Å². The highest BCUT2D eigenvalue weighted by atomic mass is 19.4. The molecule has 0 unspecified atom stereocenters. The van der Waals surface area contributed by atoms with Crippen molar-refractivity contribution < 1.29 is 32.2 Å². The summed E-state index contributed by atoms with van der Waals surface area (Å²) in [5.74, 6) is 0.843. The molecule has 0 atom stereocenters. The highest BCUT2D eigenvalue weighted by Gasteiger charge is 2.30. The molecule has 0 aromatic heterocycles. The van der Waals surface area contributed by atoms with Crippen LogP contribution >= 0.6 is 0 Å². The van der Waals surface area contributed by atoms with Gasteiger partial charge >= 0.3 is 6.18 Å². The summed E-state index contributed by atoms with van der Waals surface area (Å²) in [6.45, 7) is 0.366. The standard InChI is InChI=1S/C17H14F3NO4/c18-17(19,20)11-4-6-12(7-5-11)23-9-8-21-16(22)13-2-1-3-14-15(13)25-10-24-14/h1-7H,8-10H2,(H,21,22). The molecule has 3 rings (SSSR count). The number of nitrogens with one attached hydrogen (secondary N) is 1. The first-order valence-corrected chi connectivity index (χ1v) is 7.42. The molecule has 1 aliphatic heterocycles. The molecule has 1 heterocycles. The lowest BCUT2D eigenvalue weighted by molar-refractivity contribution is -0.137. The molecular formula is C17H14F3NO4. The number of hydrogen-bond donors (Lipinski definition) is 1. The third kappa shape index (κ3) is 3.96. The van der Waals surface area contributed by atoms with E-state index < -0.39 is 11.7 Å². The molecule has 2 aromatic rings. The van der Waals surface area contributed by atoms with Crippen molar-refractivity contribution in [3.8, 4) is 17.2 Å². The van der Waals surface area contributed by atoms with Gasteiger partial charge in [-0.15, -0.1) is 0 Å². The van der Waals surface area contributed by atoms with Gasteiger partial charge < -0.3 is 19.5 Å². The van der Waals surface area contributed by atoms with Crippen LogP contribution in [0.4, 0.5) is 13.2 Å². The average molecular weight is 353 g/mol. The highest BCUT2D eigenvalue weighted by Crippen LogP contribution is 2.35. The molecule has 5 nitrogen and oxygen atoms in total. The molecular weight excluding hydrogens is 339 g/mol. The Morgan fingerprint density at radius 1 is 1.12 bits per heavy atom. The predicted octanol–water partition coefficient (Wildman–Crippen LogP) is 3.24. The van der Waals surface area contributed by atoms with Gasteiger partial charge in [0, 0.05) is 0 Å². The van der Waals surface area contributed by atoms with E-state index in [0.717, 1.165) is 12.1 Å². The number of halogens is 3. The number of benzene rings is 2. The molecule has 25 heavy (non-hydrogen) atoms. The van der Waals surface area contributed by atoms with E-state index in [1.165, 1.54) is 12.1 Å². The van der Waals surface area contributed by atoms with E-state index in [1.807, 2.05) is 0 Å². The fourth-order valence-corrected chi connectivity index (χ4v) is 2.28. The Labute approximate surface area is 141 Å². The van der Waals surface area contributed by atoms with Crippen LogP contribution in [0.1, 0.15) is 15.9 Å². The second-order valence-electron chi connectivity index (χ2n) is 5.17. The van der Waals surface area contributed by atoms with Crippen molar-refractivity contribution >= 4 is 5.91 Å². The second-order valence-corrected chi connectivity index (χ2v) is 5.17. The SMILES string of the molecule is O=C(NCCOc1ccc(C(F)(F)F)cc1)c1cccc2c1OCO2. The molecule has 8 heteroatoms. The van der Waals surface area contributed by atoms with Crippen LogP contribution in [-0.4, -0.2) is 25.9 Å². The zero-order valence-corrected chi connectivity index (χ0v) is 12.9. The smallest absolute Gasteiger partial charge is 0.416 e. The van der Waals surface area contributed by atoms with Crippen molar-refractivity contribution in [2.45, 2.75) is 6.18 Å². The number of ether oxygens (including phenoxy) is 3. The molecule has 0 aliphatic carbocycles. The molecule has 0 bridgehead atoms. The Bertz CT molecular complexity index is 759. The van der Waals surface area contributed by atoms with Crippen molar-refractivity contribution in [2.75, 3.05) is 19.9 Å². The van der Waals surface area contributed by atoms with Gasteiger partial charge in [-0.25, -0.2) is 0 Å². The lowest BCUT2D eigenvalue weighted by Gasteiger charge is -2.10. The van der Waals surface area contributed by atoms with Gasteiger partial charge in [0.25, 0.3) is 5.91 Å². The van der Waals surface area contributed by atoms with E-state index in [2.05, 4.69) is 5.32 Å². The van der Waals surface area contributed by atoms with E-state index in [-0.39, 0.29) is 25.9 Å². The number of carbonyl (C=O) groups is 1. The summed E-state index contributed by atoms with van der Waals surface area (Å²) in [7, 11) is 0. The maximum atomic E-state index is 12.5. The molecule has 132 valence electrons.